The normalized spacial score (nSPS) is 14.3. The Morgan fingerprint density at radius 3 is 2.83 bits per heavy atom. The molecule has 3 rings (SSSR count). The summed E-state index contributed by atoms with van der Waals surface area (Å²) in [6.45, 7) is 6.40. The number of nitrogens with two attached hydrogens (primary N) is 1. The number of rotatable bonds is 6. The Bertz CT molecular complexity index is 795. The number of benzene rings is 1. The van der Waals surface area contributed by atoms with E-state index in [9.17, 15) is 0 Å². The number of nitrogens with zero attached hydrogens (tertiary/aromatic N) is 4. The number of aromatic nitrogens is 4. The lowest BCUT2D eigenvalue weighted by Crippen LogP contribution is -2.21. The van der Waals surface area contributed by atoms with Crippen LogP contribution in [0, 0.1) is 12.8 Å². The smallest absolute Gasteiger partial charge is 0.235 e. The molecule has 3 aromatic rings. The van der Waals surface area contributed by atoms with Crippen molar-refractivity contribution < 1.29 is 0 Å². The number of aryl methyl sites for hydroxylation is 1. The van der Waals surface area contributed by atoms with Gasteiger partial charge in [-0.05, 0) is 24.0 Å². The molecular formula is C16H21N5S2. The Morgan fingerprint density at radius 2 is 2.09 bits per heavy atom. The van der Waals surface area contributed by atoms with E-state index in [1.165, 1.54) is 11.1 Å². The summed E-state index contributed by atoms with van der Waals surface area (Å²) >= 11 is 3.30. The third-order valence-electron chi connectivity index (χ3n) is 4.16. The third kappa shape index (κ3) is 3.41. The van der Waals surface area contributed by atoms with Crippen LogP contribution in [0.4, 0.5) is 0 Å². The highest BCUT2D eigenvalue weighted by Gasteiger charge is 2.21. The summed E-state index contributed by atoms with van der Waals surface area (Å²) in [7, 11) is 0. The standard InChI is InChI=1S/C16H21N5S2/c1-4-10(2)13(17)14-18-19-15-21(14)20-16(23-15)22-9-12-8-6-5-7-11(12)3/h5-8,10,13H,4,9,17H2,1-3H3/t10-,13-/m0/s1. The van der Waals surface area contributed by atoms with E-state index in [2.05, 4.69) is 60.3 Å². The fourth-order valence-corrected chi connectivity index (χ4v) is 4.26. The van der Waals surface area contributed by atoms with Crippen LogP contribution in [0.25, 0.3) is 4.96 Å². The molecule has 0 saturated heterocycles. The van der Waals surface area contributed by atoms with E-state index in [0.717, 1.165) is 27.3 Å². The van der Waals surface area contributed by atoms with Crippen LogP contribution in [0.15, 0.2) is 28.6 Å². The van der Waals surface area contributed by atoms with Crippen LogP contribution in [0.2, 0.25) is 0 Å². The van der Waals surface area contributed by atoms with Crippen LogP contribution >= 0.6 is 23.1 Å². The van der Waals surface area contributed by atoms with Crippen molar-refractivity contribution in [2.24, 2.45) is 11.7 Å². The van der Waals surface area contributed by atoms with Crippen LogP contribution < -0.4 is 5.73 Å². The van der Waals surface area contributed by atoms with Gasteiger partial charge in [-0.3, -0.25) is 0 Å². The quantitative estimate of drug-likeness (QED) is 0.686. The zero-order valence-electron chi connectivity index (χ0n) is 13.6. The Kier molecular flexibility index (Phi) is 4.99. The number of hydrogen-bond acceptors (Lipinski definition) is 6. The minimum Gasteiger partial charge on any atom is -0.321 e. The summed E-state index contributed by atoms with van der Waals surface area (Å²) in [5.41, 5.74) is 8.93. The van der Waals surface area contributed by atoms with E-state index < -0.39 is 0 Å². The molecule has 0 aliphatic heterocycles. The average Bonchev–Trinajstić information content (AvgIpc) is 3.12. The maximum Gasteiger partial charge on any atom is 0.235 e. The monoisotopic (exact) mass is 347 g/mol. The van der Waals surface area contributed by atoms with Crippen molar-refractivity contribution in [1.29, 1.82) is 0 Å². The minimum atomic E-state index is -0.133. The van der Waals surface area contributed by atoms with Gasteiger partial charge in [-0.2, -0.15) is 4.52 Å². The average molecular weight is 348 g/mol. The molecule has 122 valence electrons. The van der Waals surface area contributed by atoms with Gasteiger partial charge in [-0.25, -0.2) is 0 Å². The molecule has 0 aliphatic rings. The van der Waals surface area contributed by atoms with Crippen LogP contribution in [-0.2, 0) is 5.75 Å². The molecule has 0 bridgehead atoms. The molecule has 2 heterocycles. The SMILES string of the molecule is CC[C@H](C)[C@H](N)c1nnc2sc(SCc3ccccc3C)nn12. The first-order chi connectivity index (χ1) is 11.1. The predicted molar refractivity (Wildman–Crippen MR) is 95.8 cm³/mol. The molecule has 7 heteroatoms. The largest absolute Gasteiger partial charge is 0.321 e. The van der Waals surface area contributed by atoms with Crippen molar-refractivity contribution in [3.8, 4) is 0 Å². The van der Waals surface area contributed by atoms with Gasteiger partial charge in [0.1, 0.15) is 0 Å². The van der Waals surface area contributed by atoms with Crippen molar-refractivity contribution >= 4 is 28.1 Å². The first kappa shape index (κ1) is 16.4. The summed E-state index contributed by atoms with van der Waals surface area (Å²) < 4.78 is 2.80. The zero-order valence-corrected chi connectivity index (χ0v) is 15.2. The van der Waals surface area contributed by atoms with Gasteiger partial charge in [-0.15, -0.1) is 15.3 Å². The van der Waals surface area contributed by atoms with Gasteiger partial charge in [0.05, 0.1) is 6.04 Å². The van der Waals surface area contributed by atoms with Gasteiger partial charge in [0.2, 0.25) is 4.96 Å². The lowest BCUT2D eigenvalue weighted by molar-refractivity contribution is 0.431. The Hall–Kier alpha value is -1.44. The van der Waals surface area contributed by atoms with E-state index in [1.54, 1.807) is 23.1 Å². The zero-order chi connectivity index (χ0) is 16.4. The van der Waals surface area contributed by atoms with Gasteiger partial charge in [0.15, 0.2) is 10.2 Å². The van der Waals surface area contributed by atoms with Crippen molar-refractivity contribution in [1.82, 2.24) is 19.8 Å². The maximum absolute atomic E-state index is 6.29. The molecule has 0 aliphatic carbocycles. The molecule has 0 unspecified atom stereocenters. The summed E-state index contributed by atoms with van der Waals surface area (Å²) in [5, 5.41) is 13.1. The van der Waals surface area contributed by atoms with Gasteiger partial charge in [0.25, 0.3) is 0 Å². The summed E-state index contributed by atoms with van der Waals surface area (Å²) in [6, 6.07) is 8.30. The van der Waals surface area contributed by atoms with E-state index in [0.29, 0.717) is 5.92 Å². The van der Waals surface area contributed by atoms with Crippen LogP contribution in [0.3, 0.4) is 0 Å². The topological polar surface area (TPSA) is 69.1 Å². The Labute approximate surface area is 144 Å². The highest BCUT2D eigenvalue weighted by atomic mass is 32.2. The molecule has 2 N–H and O–H groups in total. The molecule has 1 aromatic carbocycles. The first-order valence-electron chi connectivity index (χ1n) is 7.75. The summed E-state index contributed by atoms with van der Waals surface area (Å²) in [6.07, 6.45) is 1.01. The van der Waals surface area contributed by atoms with Crippen molar-refractivity contribution in [3.63, 3.8) is 0 Å². The molecule has 23 heavy (non-hydrogen) atoms. The Balaban J connectivity index is 1.78. The van der Waals surface area contributed by atoms with Crippen molar-refractivity contribution in [2.45, 2.75) is 43.3 Å². The fraction of sp³-hybridized carbons (Fsp3) is 0.438. The van der Waals surface area contributed by atoms with E-state index >= 15 is 0 Å². The molecule has 0 fully saturated rings. The summed E-state index contributed by atoms with van der Waals surface area (Å²) in [5.74, 6) is 2.02. The minimum absolute atomic E-state index is 0.133. The molecule has 5 nitrogen and oxygen atoms in total. The lowest BCUT2D eigenvalue weighted by Gasteiger charge is -2.15. The van der Waals surface area contributed by atoms with Gasteiger partial charge in [0, 0.05) is 5.75 Å². The van der Waals surface area contributed by atoms with E-state index in [4.69, 9.17) is 5.73 Å². The maximum atomic E-state index is 6.29. The van der Waals surface area contributed by atoms with Crippen LogP contribution in [0.5, 0.6) is 0 Å². The molecule has 0 spiro atoms. The van der Waals surface area contributed by atoms with Crippen LogP contribution in [0.1, 0.15) is 43.3 Å². The number of hydrogen-bond donors (Lipinski definition) is 1. The van der Waals surface area contributed by atoms with E-state index in [-0.39, 0.29) is 6.04 Å². The molecule has 0 amide bonds. The van der Waals surface area contributed by atoms with Gasteiger partial charge in [-0.1, -0.05) is 67.6 Å². The lowest BCUT2D eigenvalue weighted by atomic mass is 10.00. The third-order valence-corrected chi connectivity index (χ3v) is 6.24. The molecule has 2 aromatic heterocycles. The highest BCUT2D eigenvalue weighted by molar-refractivity contribution is 8.00. The van der Waals surface area contributed by atoms with Crippen molar-refractivity contribution in [3.05, 3.63) is 41.2 Å². The summed E-state index contributed by atoms with van der Waals surface area (Å²) in [4.78, 5) is 0.811. The van der Waals surface area contributed by atoms with Crippen molar-refractivity contribution in [2.75, 3.05) is 0 Å². The van der Waals surface area contributed by atoms with Gasteiger partial charge >= 0.3 is 0 Å². The molecular weight excluding hydrogens is 326 g/mol. The highest BCUT2D eigenvalue weighted by Crippen LogP contribution is 2.30. The van der Waals surface area contributed by atoms with Crippen LogP contribution in [-0.4, -0.2) is 19.8 Å². The number of thioether (sulfide) groups is 1. The Morgan fingerprint density at radius 1 is 1.30 bits per heavy atom. The second-order valence-electron chi connectivity index (χ2n) is 5.75. The predicted octanol–water partition coefficient (Wildman–Crippen LogP) is 3.83. The van der Waals surface area contributed by atoms with E-state index in [1.807, 2.05) is 4.52 Å². The second-order valence-corrected chi connectivity index (χ2v) is 7.93. The number of fused-ring (bicyclic) bond motifs is 1. The molecule has 2 atom stereocenters. The molecule has 0 radical (unpaired) electrons. The first-order valence-corrected chi connectivity index (χ1v) is 9.55. The van der Waals surface area contributed by atoms with Gasteiger partial charge < -0.3 is 5.73 Å². The second kappa shape index (κ2) is 6.98. The fourth-order valence-electron chi connectivity index (χ4n) is 2.30. The molecule has 0 saturated carbocycles.